The highest BCUT2D eigenvalue weighted by atomic mass is 35.5. The van der Waals surface area contributed by atoms with Crippen molar-refractivity contribution in [1.29, 1.82) is 0 Å². The number of ether oxygens (including phenoxy) is 1. The third kappa shape index (κ3) is 3.85. The number of anilines is 1. The van der Waals surface area contributed by atoms with Gasteiger partial charge < -0.3 is 9.64 Å². The van der Waals surface area contributed by atoms with Crippen LogP contribution in [0.15, 0.2) is 53.3 Å². The van der Waals surface area contributed by atoms with E-state index in [1.165, 1.54) is 4.68 Å². The lowest BCUT2D eigenvalue weighted by molar-refractivity contribution is -0.116. The molecule has 0 aliphatic carbocycles. The summed E-state index contributed by atoms with van der Waals surface area (Å²) in [7, 11) is 0. The molecule has 0 bridgehead atoms. The predicted octanol–water partition coefficient (Wildman–Crippen LogP) is 2.20. The Hall–Kier alpha value is -2.90. The molecule has 144 valence electrons. The number of carbonyl (C=O) groups is 1. The summed E-state index contributed by atoms with van der Waals surface area (Å²) in [6.07, 6.45) is 0.124. The quantitative estimate of drug-likeness (QED) is 0.729. The highest BCUT2D eigenvalue weighted by molar-refractivity contribution is 6.30. The Bertz CT molecular complexity index is 1060. The van der Waals surface area contributed by atoms with Crippen LogP contribution in [0.3, 0.4) is 0 Å². The first-order valence-electron chi connectivity index (χ1n) is 9.00. The summed E-state index contributed by atoms with van der Waals surface area (Å²) in [5.74, 6) is 0.104. The van der Waals surface area contributed by atoms with E-state index in [0.717, 1.165) is 5.56 Å². The second-order valence-corrected chi connectivity index (χ2v) is 6.94. The molecular formula is C20H19ClN4O3. The van der Waals surface area contributed by atoms with Crippen molar-refractivity contribution in [2.24, 2.45) is 0 Å². The van der Waals surface area contributed by atoms with Crippen molar-refractivity contribution in [3.05, 3.63) is 69.5 Å². The fourth-order valence-electron chi connectivity index (χ4n) is 3.15. The summed E-state index contributed by atoms with van der Waals surface area (Å²) in [5.41, 5.74) is 3.81. The molecule has 4 rings (SSSR count). The second-order valence-electron chi connectivity index (χ2n) is 6.51. The van der Waals surface area contributed by atoms with Gasteiger partial charge in [-0.1, -0.05) is 35.9 Å². The van der Waals surface area contributed by atoms with E-state index >= 15 is 0 Å². The van der Waals surface area contributed by atoms with Crippen molar-refractivity contribution in [2.45, 2.75) is 6.42 Å². The number of halogens is 1. The van der Waals surface area contributed by atoms with Gasteiger partial charge >= 0.3 is 0 Å². The van der Waals surface area contributed by atoms with E-state index < -0.39 is 0 Å². The van der Waals surface area contributed by atoms with E-state index in [4.69, 9.17) is 16.3 Å². The van der Waals surface area contributed by atoms with Gasteiger partial charge in [0.2, 0.25) is 11.9 Å². The highest BCUT2D eigenvalue weighted by Crippen LogP contribution is 2.16. The standard InChI is InChI=1S/C20H19ClN4O3/c21-15-7-5-14(6-8-15)13-18(26)23-25-19(27)16-3-1-2-4-17(16)22-20(25)24-9-11-28-12-10-24/h1-8H,9-13H2,(H,23,26). The molecule has 28 heavy (non-hydrogen) atoms. The summed E-state index contributed by atoms with van der Waals surface area (Å²) in [4.78, 5) is 32.2. The summed E-state index contributed by atoms with van der Waals surface area (Å²) < 4.78 is 6.64. The Morgan fingerprint density at radius 3 is 2.57 bits per heavy atom. The SMILES string of the molecule is O=C(Cc1ccc(Cl)cc1)Nn1c(N2CCOCC2)nc2ccccc2c1=O. The molecule has 8 heteroatoms. The Labute approximate surface area is 166 Å². The van der Waals surface area contributed by atoms with Gasteiger partial charge in [-0.05, 0) is 29.8 Å². The van der Waals surface area contributed by atoms with Crippen LogP contribution in [0, 0.1) is 0 Å². The maximum atomic E-state index is 13.1. The van der Waals surface area contributed by atoms with Gasteiger partial charge in [-0.3, -0.25) is 15.0 Å². The van der Waals surface area contributed by atoms with Crippen LogP contribution in [0.25, 0.3) is 10.9 Å². The number of nitrogens with one attached hydrogen (secondary N) is 1. The number of morpholine rings is 1. The molecule has 1 N–H and O–H groups in total. The van der Waals surface area contributed by atoms with Gasteiger partial charge in [-0.15, -0.1) is 0 Å². The van der Waals surface area contributed by atoms with E-state index in [9.17, 15) is 9.59 Å². The van der Waals surface area contributed by atoms with Gasteiger partial charge in [0.05, 0.1) is 30.5 Å². The minimum Gasteiger partial charge on any atom is -0.378 e. The molecular weight excluding hydrogens is 380 g/mol. The second kappa shape index (κ2) is 8.00. The minimum absolute atomic E-state index is 0.124. The summed E-state index contributed by atoms with van der Waals surface area (Å²) in [6.45, 7) is 2.28. The van der Waals surface area contributed by atoms with E-state index in [1.807, 2.05) is 11.0 Å². The highest BCUT2D eigenvalue weighted by Gasteiger charge is 2.20. The molecule has 1 aliphatic heterocycles. The molecule has 0 atom stereocenters. The van der Waals surface area contributed by atoms with Crippen LogP contribution in [0.5, 0.6) is 0 Å². The van der Waals surface area contributed by atoms with Crippen LogP contribution in [0.2, 0.25) is 5.02 Å². The Balaban J connectivity index is 1.69. The van der Waals surface area contributed by atoms with Crippen molar-refractivity contribution >= 4 is 34.4 Å². The van der Waals surface area contributed by atoms with Gasteiger partial charge in [0.25, 0.3) is 5.56 Å². The summed E-state index contributed by atoms with van der Waals surface area (Å²) >= 11 is 5.89. The molecule has 2 heterocycles. The van der Waals surface area contributed by atoms with Crippen LogP contribution in [-0.4, -0.2) is 41.9 Å². The number of rotatable bonds is 4. The number of aromatic nitrogens is 2. The van der Waals surface area contributed by atoms with Crippen molar-refractivity contribution in [1.82, 2.24) is 9.66 Å². The minimum atomic E-state index is -0.309. The lowest BCUT2D eigenvalue weighted by Crippen LogP contribution is -2.44. The van der Waals surface area contributed by atoms with E-state index in [-0.39, 0.29) is 17.9 Å². The van der Waals surface area contributed by atoms with E-state index in [0.29, 0.717) is 48.2 Å². The third-order valence-corrected chi connectivity index (χ3v) is 4.82. The van der Waals surface area contributed by atoms with Crippen LogP contribution >= 0.6 is 11.6 Å². The molecule has 1 saturated heterocycles. The van der Waals surface area contributed by atoms with Gasteiger partial charge in [-0.25, -0.2) is 4.98 Å². The first-order valence-corrected chi connectivity index (χ1v) is 9.38. The molecule has 1 aliphatic rings. The third-order valence-electron chi connectivity index (χ3n) is 4.57. The smallest absolute Gasteiger partial charge is 0.281 e. The van der Waals surface area contributed by atoms with E-state index in [1.54, 1.807) is 42.5 Å². The first kappa shape index (κ1) is 18.5. The molecule has 0 radical (unpaired) electrons. The largest absolute Gasteiger partial charge is 0.378 e. The van der Waals surface area contributed by atoms with Crippen LogP contribution < -0.4 is 15.9 Å². The maximum Gasteiger partial charge on any atom is 0.281 e. The average molecular weight is 399 g/mol. The zero-order valence-corrected chi connectivity index (χ0v) is 15.9. The predicted molar refractivity (Wildman–Crippen MR) is 109 cm³/mol. The lowest BCUT2D eigenvalue weighted by Gasteiger charge is -2.29. The average Bonchev–Trinajstić information content (AvgIpc) is 2.72. The molecule has 1 fully saturated rings. The normalized spacial score (nSPS) is 14.2. The number of hydrogen-bond acceptors (Lipinski definition) is 5. The fraction of sp³-hybridized carbons (Fsp3) is 0.250. The Morgan fingerprint density at radius 1 is 1.11 bits per heavy atom. The van der Waals surface area contributed by atoms with Crippen LogP contribution in [0.1, 0.15) is 5.56 Å². The number of carbonyl (C=O) groups excluding carboxylic acids is 1. The number of para-hydroxylation sites is 1. The Morgan fingerprint density at radius 2 is 1.82 bits per heavy atom. The van der Waals surface area contributed by atoms with Gasteiger partial charge in [0.1, 0.15) is 0 Å². The van der Waals surface area contributed by atoms with Crippen LogP contribution in [-0.2, 0) is 16.0 Å². The topological polar surface area (TPSA) is 76.5 Å². The molecule has 7 nitrogen and oxygen atoms in total. The number of hydrogen-bond donors (Lipinski definition) is 1. The zero-order valence-electron chi connectivity index (χ0n) is 15.1. The lowest BCUT2D eigenvalue weighted by atomic mass is 10.1. The van der Waals surface area contributed by atoms with Crippen LogP contribution in [0.4, 0.5) is 5.95 Å². The van der Waals surface area contributed by atoms with Crippen molar-refractivity contribution in [3.8, 4) is 0 Å². The fourth-order valence-corrected chi connectivity index (χ4v) is 3.28. The number of amides is 1. The molecule has 2 aromatic carbocycles. The van der Waals surface area contributed by atoms with Crippen molar-refractivity contribution in [2.75, 3.05) is 36.6 Å². The van der Waals surface area contributed by atoms with Crippen molar-refractivity contribution < 1.29 is 9.53 Å². The van der Waals surface area contributed by atoms with Gasteiger partial charge in [-0.2, -0.15) is 4.68 Å². The Kier molecular flexibility index (Phi) is 5.27. The van der Waals surface area contributed by atoms with Gasteiger partial charge in [0, 0.05) is 18.1 Å². The molecule has 0 spiro atoms. The number of fused-ring (bicyclic) bond motifs is 1. The summed E-state index contributed by atoms with van der Waals surface area (Å²) in [5, 5.41) is 1.06. The molecule has 3 aromatic rings. The first-order chi connectivity index (χ1) is 13.6. The van der Waals surface area contributed by atoms with E-state index in [2.05, 4.69) is 10.4 Å². The molecule has 0 saturated carbocycles. The number of benzene rings is 2. The molecule has 1 aromatic heterocycles. The molecule has 1 amide bonds. The molecule has 0 unspecified atom stereocenters. The number of nitrogens with zero attached hydrogens (tertiary/aromatic N) is 3. The monoisotopic (exact) mass is 398 g/mol. The van der Waals surface area contributed by atoms with Gasteiger partial charge in [0.15, 0.2) is 0 Å². The summed E-state index contributed by atoms with van der Waals surface area (Å²) in [6, 6.07) is 14.1. The van der Waals surface area contributed by atoms with Crippen molar-refractivity contribution in [3.63, 3.8) is 0 Å². The maximum absolute atomic E-state index is 13.1. The zero-order chi connectivity index (χ0) is 19.5.